The number of aromatic nitrogens is 3. The Morgan fingerprint density at radius 1 is 1.31 bits per heavy atom. The van der Waals surface area contributed by atoms with Gasteiger partial charge in [-0.3, -0.25) is 4.98 Å². The third kappa shape index (κ3) is 2.66. The molecule has 0 saturated heterocycles. The summed E-state index contributed by atoms with van der Waals surface area (Å²) in [4.78, 5) is 14.4. The van der Waals surface area contributed by atoms with Crippen molar-refractivity contribution >= 4 is 28.4 Å². The molecule has 2 heterocycles. The van der Waals surface area contributed by atoms with Crippen molar-refractivity contribution in [3.63, 3.8) is 0 Å². The zero-order valence-corrected chi connectivity index (χ0v) is 11.0. The first-order valence-electron chi connectivity index (χ1n) is 4.83. The number of anilines is 1. The number of hydrogen-bond acceptors (Lipinski definition) is 4. The second-order valence-corrected chi connectivity index (χ2v) is 4.57. The number of rotatable bonds is 3. The van der Waals surface area contributed by atoms with Crippen molar-refractivity contribution < 1.29 is 0 Å². The maximum absolute atomic E-state index is 4.26. The molecule has 82 valence electrons. The van der Waals surface area contributed by atoms with Crippen LogP contribution in [0.3, 0.4) is 0 Å². The summed E-state index contributed by atoms with van der Waals surface area (Å²) in [5, 5.41) is 0. The standard InChI is InChI=1S/C11H11IN4/c1-16(7-9-3-2-4-13-5-9)11-10(12)6-14-8-15-11/h2-6,8H,7H2,1H3. The molecular formula is C11H11IN4. The minimum atomic E-state index is 0.793. The second kappa shape index (κ2) is 5.20. The lowest BCUT2D eigenvalue weighted by atomic mass is 10.3. The molecule has 5 heteroatoms. The van der Waals surface area contributed by atoms with Crippen LogP contribution in [0.2, 0.25) is 0 Å². The number of nitrogens with zero attached hydrogens (tertiary/aromatic N) is 4. The normalized spacial score (nSPS) is 10.1. The molecule has 2 aromatic heterocycles. The fraction of sp³-hybridized carbons (Fsp3) is 0.182. The highest BCUT2D eigenvalue weighted by Crippen LogP contribution is 2.18. The summed E-state index contributed by atoms with van der Waals surface area (Å²) in [5.41, 5.74) is 1.17. The van der Waals surface area contributed by atoms with Crippen LogP contribution < -0.4 is 4.90 Å². The average Bonchev–Trinajstić information content (AvgIpc) is 2.31. The molecule has 16 heavy (non-hydrogen) atoms. The Labute approximate surface area is 108 Å². The van der Waals surface area contributed by atoms with Crippen LogP contribution >= 0.6 is 22.6 Å². The van der Waals surface area contributed by atoms with Gasteiger partial charge in [0.05, 0.1) is 3.57 Å². The molecular weight excluding hydrogens is 315 g/mol. The van der Waals surface area contributed by atoms with Crippen LogP contribution in [0.1, 0.15) is 5.56 Å². The number of pyridine rings is 1. The summed E-state index contributed by atoms with van der Waals surface area (Å²) >= 11 is 2.24. The topological polar surface area (TPSA) is 41.9 Å². The van der Waals surface area contributed by atoms with Crippen LogP contribution in [0.25, 0.3) is 0 Å². The van der Waals surface area contributed by atoms with Crippen molar-refractivity contribution in [1.29, 1.82) is 0 Å². The van der Waals surface area contributed by atoms with E-state index in [4.69, 9.17) is 0 Å². The maximum atomic E-state index is 4.26. The third-order valence-electron chi connectivity index (χ3n) is 2.15. The Morgan fingerprint density at radius 3 is 2.88 bits per heavy atom. The molecule has 0 aliphatic heterocycles. The van der Waals surface area contributed by atoms with Crippen molar-refractivity contribution in [2.45, 2.75) is 6.54 Å². The van der Waals surface area contributed by atoms with Gasteiger partial charge in [-0.1, -0.05) is 6.07 Å². The van der Waals surface area contributed by atoms with Crippen LogP contribution in [0.4, 0.5) is 5.82 Å². The zero-order valence-electron chi connectivity index (χ0n) is 8.84. The van der Waals surface area contributed by atoms with Crippen LogP contribution in [-0.2, 0) is 6.54 Å². The molecule has 0 N–H and O–H groups in total. The molecule has 0 aliphatic rings. The molecule has 2 rings (SSSR count). The molecule has 0 bridgehead atoms. The van der Waals surface area contributed by atoms with Crippen LogP contribution in [-0.4, -0.2) is 22.0 Å². The van der Waals surface area contributed by atoms with E-state index in [-0.39, 0.29) is 0 Å². The van der Waals surface area contributed by atoms with Gasteiger partial charge in [-0.05, 0) is 34.2 Å². The van der Waals surface area contributed by atoms with Crippen LogP contribution in [0, 0.1) is 3.57 Å². The number of halogens is 1. The van der Waals surface area contributed by atoms with E-state index in [0.717, 1.165) is 15.9 Å². The van der Waals surface area contributed by atoms with Gasteiger partial charge in [0, 0.05) is 32.2 Å². The summed E-state index contributed by atoms with van der Waals surface area (Å²) in [6, 6.07) is 3.99. The molecule has 2 aromatic rings. The molecule has 0 atom stereocenters. The second-order valence-electron chi connectivity index (χ2n) is 3.41. The molecule has 0 aromatic carbocycles. The predicted molar refractivity (Wildman–Crippen MR) is 71.1 cm³/mol. The summed E-state index contributed by atoms with van der Waals surface area (Å²) in [6.07, 6.45) is 7.02. The minimum Gasteiger partial charge on any atom is -0.354 e. The van der Waals surface area contributed by atoms with E-state index in [1.54, 1.807) is 12.5 Å². The molecule has 0 fully saturated rings. The maximum Gasteiger partial charge on any atom is 0.145 e. The first-order chi connectivity index (χ1) is 7.77. The van der Waals surface area contributed by atoms with E-state index in [1.165, 1.54) is 5.56 Å². The van der Waals surface area contributed by atoms with E-state index in [1.807, 2.05) is 25.5 Å². The SMILES string of the molecule is CN(Cc1cccnc1)c1ncncc1I. The Hall–Kier alpha value is -1.24. The lowest BCUT2D eigenvalue weighted by molar-refractivity contribution is 0.880. The Morgan fingerprint density at radius 2 is 2.19 bits per heavy atom. The monoisotopic (exact) mass is 326 g/mol. The quantitative estimate of drug-likeness (QED) is 0.811. The zero-order chi connectivity index (χ0) is 11.4. The summed E-state index contributed by atoms with van der Waals surface area (Å²) in [7, 11) is 2.01. The molecule has 0 spiro atoms. The lowest BCUT2D eigenvalue weighted by Gasteiger charge is -2.18. The van der Waals surface area contributed by atoms with E-state index >= 15 is 0 Å². The molecule has 0 radical (unpaired) electrons. The highest BCUT2D eigenvalue weighted by Gasteiger charge is 2.07. The highest BCUT2D eigenvalue weighted by molar-refractivity contribution is 14.1. The minimum absolute atomic E-state index is 0.793. The first-order valence-corrected chi connectivity index (χ1v) is 5.91. The van der Waals surface area contributed by atoms with Crippen molar-refractivity contribution in [2.24, 2.45) is 0 Å². The van der Waals surface area contributed by atoms with Crippen molar-refractivity contribution in [3.8, 4) is 0 Å². The van der Waals surface area contributed by atoms with Gasteiger partial charge in [0.2, 0.25) is 0 Å². The molecule has 0 unspecified atom stereocenters. The van der Waals surface area contributed by atoms with Gasteiger partial charge >= 0.3 is 0 Å². The fourth-order valence-electron chi connectivity index (χ4n) is 1.43. The molecule has 0 saturated carbocycles. The third-order valence-corrected chi connectivity index (χ3v) is 2.91. The fourth-order valence-corrected chi connectivity index (χ4v) is 2.14. The average molecular weight is 326 g/mol. The van der Waals surface area contributed by atoms with Gasteiger partial charge in [-0.2, -0.15) is 0 Å². The van der Waals surface area contributed by atoms with Crippen LogP contribution in [0.15, 0.2) is 37.1 Å². The van der Waals surface area contributed by atoms with Gasteiger partial charge in [0.1, 0.15) is 12.1 Å². The molecule has 4 nitrogen and oxygen atoms in total. The van der Waals surface area contributed by atoms with Gasteiger partial charge in [0.15, 0.2) is 0 Å². The summed E-state index contributed by atoms with van der Waals surface area (Å²) in [6.45, 7) is 0.793. The van der Waals surface area contributed by atoms with Crippen molar-refractivity contribution in [3.05, 3.63) is 46.2 Å². The van der Waals surface area contributed by atoms with Gasteiger partial charge in [0.25, 0.3) is 0 Å². The van der Waals surface area contributed by atoms with Gasteiger partial charge < -0.3 is 4.90 Å². The Bertz CT molecular complexity index is 461. The van der Waals surface area contributed by atoms with E-state index in [2.05, 4.69) is 48.5 Å². The Balaban J connectivity index is 2.15. The van der Waals surface area contributed by atoms with Gasteiger partial charge in [-0.15, -0.1) is 0 Å². The number of hydrogen-bond donors (Lipinski definition) is 0. The predicted octanol–water partition coefficient (Wildman–Crippen LogP) is 2.11. The van der Waals surface area contributed by atoms with Gasteiger partial charge in [-0.25, -0.2) is 9.97 Å². The Kier molecular flexibility index (Phi) is 3.66. The largest absolute Gasteiger partial charge is 0.354 e. The van der Waals surface area contributed by atoms with E-state index < -0.39 is 0 Å². The summed E-state index contributed by atoms with van der Waals surface area (Å²) < 4.78 is 1.05. The molecule has 0 aliphatic carbocycles. The van der Waals surface area contributed by atoms with E-state index in [9.17, 15) is 0 Å². The lowest BCUT2D eigenvalue weighted by Crippen LogP contribution is -2.19. The highest BCUT2D eigenvalue weighted by atomic mass is 127. The smallest absolute Gasteiger partial charge is 0.145 e. The van der Waals surface area contributed by atoms with E-state index in [0.29, 0.717) is 0 Å². The van der Waals surface area contributed by atoms with Crippen molar-refractivity contribution in [1.82, 2.24) is 15.0 Å². The first kappa shape index (κ1) is 11.3. The molecule has 0 amide bonds. The van der Waals surface area contributed by atoms with Crippen molar-refractivity contribution in [2.75, 3.05) is 11.9 Å². The van der Waals surface area contributed by atoms with Crippen LogP contribution in [0.5, 0.6) is 0 Å². The summed E-state index contributed by atoms with van der Waals surface area (Å²) in [5.74, 6) is 0.944.